The van der Waals surface area contributed by atoms with E-state index in [1.165, 1.54) is 22.2 Å². The van der Waals surface area contributed by atoms with Crippen molar-refractivity contribution >= 4 is 40.9 Å². The maximum atomic E-state index is 12.5. The van der Waals surface area contributed by atoms with E-state index in [9.17, 15) is 9.59 Å². The molecule has 2 amide bonds. The summed E-state index contributed by atoms with van der Waals surface area (Å²) in [5, 5.41) is 0.208. The van der Waals surface area contributed by atoms with Crippen LogP contribution < -0.4 is 4.90 Å². The van der Waals surface area contributed by atoms with Gasteiger partial charge in [-0.05, 0) is 43.3 Å². The molecule has 1 fully saturated rings. The van der Waals surface area contributed by atoms with Gasteiger partial charge in [-0.25, -0.2) is 4.90 Å². The number of nitrogens with zero attached hydrogens (tertiary/aromatic N) is 1. The van der Waals surface area contributed by atoms with Crippen LogP contribution >= 0.6 is 23.4 Å². The first-order valence-electron chi connectivity index (χ1n) is 6.90. The summed E-state index contributed by atoms with van der Waals surface area (Å²) >= 11 is 7.28. The van der Waals surface area contributed by atoms with Gasteiger partial charge in [0, 0.05) is 16.3 Å². The Balaban J connectivity index is 1.79. The van der Waals surface area contributed by atoms with Crippen LogP contribution in [0.25, 0.3) is 0 Å². The molecule has 112 valence electrons. The van der Waals surface area contributed by atoms with Crippen LogP contribution in [-0.4, -0.2) is 17.1 Å². The third-order valence-electron chi connectivity index (χ3n) is 3.49. The Morgan fingerprint density at radius 1 is 1.05 bits per heavy atom. The van der Waals surface area contributed by atoms with Crippen molar-refractivity contribution in [3.63, 3.8) is 0 Å². The molecule has 0 N–H and O–H groups in total. The molecule has 0 bridgehead atoms. The lowest BCUT2D eigenvalue weighted by molar-refractivity contribution is -0.121. The van der Waals surface area contributed by atoms with Crippen molar-refractivity contribution < 1.29 is 9.59 Å². The molecule has 1 atom stereocenters. The highest BCUT2D eigenvalue weighted by molar-refractivity contribution is 8.00. The Morgan fingerprint density at radius 2 is 1.68 bits per heavy atom. The molecule has 1 aliphatic rings. The summed E-state index contributed by atoms with van der Waals surface area (Å²) in [7, 11) is 0. The highest BCUT2D eigenvalue weighted by atomic mass is 35.5. The molecule has 0 aliphatic carbocycles. The summed E-state index contributed by atoms with van der Waals surface area (Å²) in [6.45, 7) is 2.01. The predicted octanol–water partition coefficient (Wildman–Crippen LogP) is 4.07. The molecular formula is C17H14ClNO2S. The Kier molecular flexibility index (Phi) is 4.23. The second-order valence-electron chi connectivity index (χ2n) is 5.17. The van der Waals surface area contributed by atoms with Crippen molar-refractivity contribution in [2.24, 2.45) is 0 Å². The molecule has 2 aromatic carbocycles. The second-order valence-corrected chi connectivity index (χ2v) is 6.88. The van der Waals surface area contributed by atoms with E-state index < -0.39 is 0 Å². The van der Waals surface area contributed by atoms with Gasteiger partial charge in [-0.3, -0.25) is 9.59 Å². The van der Waals surface area contributed by atoms with E-state index in [0.717, 1.165) is 4.90 Å². The van der Waals surface area contributed by atoms with Gasteiger partial charge in [0.1, 0.15) is 0 Å². The van der Waals surface area contributed by atoms with Crippen molar-refractivity contribution in [2.75, 3.05) is 4.90 Å². The van der Waals surface area contributed by atoms with E-state index in [4.69, 9.17) is 11.6 Å². The number of hydrogen-bond donors (Lipinski definition) is 0. The minimum Gasteiger partial charge on any atom is -0.274 e. The summed E-state index contributed by atoms with van der Waals surface area (Å²) < 4.78 is 0. The van der Waals surface area contributed by atoms with Gasteiger partial charge >= 0.3 is 0 Å². The molecule has 3 nitrogen and oxygen atoms in total. The average molecular weight is 332 g/mol. The average Bonchev–Trinajstić information content (AvgIpc) is 2.77. The van der Waals surface area contributed by atoms with E-state index >= 15 is 0 Å². The number of amides is 2. The minimum atomic E-state index is -0.370. The molecule has 0 spiro atoms. The largest absolute Gasteiger partial charge is 0.274 e. The normalized spacial score (nSPS) is 18.1. The summed E-state index contributed by atoms with van der Waals surface area (Å²) in [6.07, 6.45) is 0.222. The van der Waals surface area contributed by atoms with Crippen molar-refractivity contribution in [1.82, 2.24) is 0 Å². The molecule has 0 saturated carbocycles. The number of rotatable bonds is 3. The van der Waals surface area contributed by atoms with Crippen molar-refractivity contribution in [2.45, 2.75) is 23.5 Å². The van der Waals surface area contributed by atoms with Crippen molar-refractivity contribution in [1.29, 1.82) is 0 Å². The van der Waals surface area contributed by atoms with Gasteiger partial charge < -0.3 is 0 Å². The summed E-state index contributed by atoms with van der Waals surface area (Å²) in [5.74, 6) is -0.338. The Morgan fingerprint density at radius 3 is 2.32 bits per heavy atom. The zero-order valence-electron chi connectivity index (χ0n) is 12.0. The lowest BCUT2D eigenvalue weighted by atomic mass is 10.2. The predicted molar refractivity (Wildman–Crippen MR) is 89.4 cm³/mol. The smallest absolute Gasteiger partial charge is 0.247 e. The topological polar surface area (TPSA) is 37.4 Å². The molecule has 5 heteroatoms. The van der Waals surface area contributed by atoms with Crippen LogP contribution in [0.4, 0.5) is 5.69 Å². The quantitative estimate of drug-likeness (QED) is 0.795. The van der Waals surface area contributed by atoms with Gasteiger partial charge in [0.25, 0.3) is 0 Å². The number of thioether (sulfide) groups is 1. The first-order chi connectivity index (χ1) is 10.5. The second kappa shape index (κ2) is 6.15. The van der Waals surface area contributed by atoms with Crippen LogP contribution in [-0.2, 0) is 9.59 Å². The van der Waals surface area contributed by atoms with Crippen molar-refractivity contribution in [3.8, 4) is 0 Å². The minimum absolute atomic E-state index is 0.169. The van der Waals surface area contributed by atoms with Crippen LogP contribution in [0.1, 0.15) is 12.0 Å². The van der Waals surface area contributed by atoms with Crippen LogP contribution in [0.5, 0.6) is 0 Å². The fourth-order valence-corrected chi connectivity index (χ4v) is 3.52. The molecule has 0 radical (unpaired) electrons. The maximum Gasteiger partial charge on any atom is 0.247 e. The number of imide groups is 1. The zero-order chi connectivity index (χ0) is 15.7. The standard InChI is InChI=1S/C17H14ClNO2S/c1-11-2-8-14(9-3-11)22-15-10-16(20)19(17(15)21)13-6-4-12(18)5-7-13/h2-9,15H,10H2,1H3/t15-/m1/s1. The monoisotopic (exact) mass is 331 g/mol. The van der Waals surface area contributed by atoms with Gasteiger partial charge in [-0.1, -0.05) is 29.3 Å². The lowest BCUT2D eigenvalue weighted by Gasteiger charge is -2.15. The molecule has 2 aromatic rings. The highest BCUT2D eigenvalue weighted by Crippen LogP contribution is 2.34. The zero-order valence-corrected chi connectivity index (χ0v) is 13.5. The number of halogens is 1. The number of benzene rings is 2. The third-order valence-corrected chi connectivity index (χ3v) is 4.94. The number of hydrogen-bond acceptors (Lipinski definition) is 3. The van der Waals surface area contributed by atoms with E-state index in [2.05, 4.69) is 0 Å². The van der Waals surface area contributed by atoms with Crippen LogP contribution in [0.15, 0.2) is 53.4 Å². The number of carbonyl (C=O) groups excluding carboxylic acids is 2. The van der Waals surface area contributed by atoms with E-state index in [0.29, 0.717) is 10.7 Å². The summed E-state index contributed by atoms with van der Waals surface area (Å²) in [4.78, 5) is 27.0. The maximum absolute atomic E-state index is 12.5. The van der Waals surface area contributed by atoms with E-state index in [1.54, 1.807) is 24.3 Å². The summed E-state index contributed by atoms with van der Waals surface area (Å²) in [6, 6.07) is 14.7. The molecule has 1 aliphatic heterocycles. The fraction of sp³-hybridized carbons (Fsp3) is 0.176. The first-order valence-corrected chi connectivity index (χ1v) is 8.16. The number of anilines is 1. The Bertz CT molecular complexity index is 712. The van der Waals surface area contributed by atoms with Crippen LogP contribution in [0.3, 0.4) is 0 Å². The Labute approximate surface area is 138 Å². The number of aryl methyl sites for hydroxylation is 1. The van der Waals surface area contributed by atoms with Crippen molar-refractivity contribution in [3.05, 3.63) is 59.1 Å². The Hall–Kier alpha value is -1.78. The van der Waals surface area contributed by atoms with Crippen LogP contribution in [0, 0.1) is 6.92 Å². The van der Waals surface area contributed by atoms with E-state index in [-0.39, 0.29) is 23.5 Å². The molecule has 1 heterocycles. The van der Waals surface area contributed by atoms with Gasteiger partial charge in [-0.15, -0.1) is 11.8 Å². The summed E-state index contributed by atoms with van der Waals surface area (Å²) in [5.41, 5.74) is 1.74. The van der Waals surface area contributed by atoms with Gasteiger partial charge in [0.2, 0.25) is 11.8 Å². The first kappa shape index (κ1) is 15.1. The fourth-order valence-electron chi connectivity index (χ4n) is 2.34. The van der Waals surface area contributed by atoms with E-state index in [1.807, 2.05) is 31.2 Å². The highest BCUT2D eigenvalue weighted by Gasteiger charge is 2.40. The number of carbonyl (C=O) groups is 2. The van der Waals surface area contributed by atoms with Gasteiger partial charge in [0.15, 0.2) is 0 Å². The SMILES string of the molecule is Cc1ccc(S[C@@H]2CC(=O)N(c3ccc(Cl)cc3)C2=O)cc1. The van der Waals surface area contributed by atoms with Crippen LogP contribution in [0.2, 0.25) is 5.02 Å². The molecule has 0 aromatic heterocycles. The lowest BCUT2D eigenvalue weighted by Crippen LogP contribution is -2.31. The third kappa shape index (κ3) is 3.03. The molecule has 22 heavy (non-hydrogen) atoms. The molecular weight excluding hydrogens is 318 g/mol. The van der Waals surface area contributed by atoms with Gasteiger partial charge in [-0.2, -0.15) is 0 Å². The van der Waals surface area contributed by atoms with Gasteiger partial charge in [0.05, 0.1) is 10.9 Å². The molecule has 1 saturated heterocycles. The molecule has 0 unspecified atom stereocenters. The molecule has 3 rings (SSSR count).